The quantitative estimate of drug-likeness (QED) is 0.720. The van der Waals surface area contributed by atoms with Crippen LogP contribution in [0.4, 0.5) is 0 Å². The number of aromatic hydroxyl groups is 1. The molecule has 0 atom stereocenters. The minimum Gasteiger partial charge on any atom is -0.507 e. The van der Waals surface area contributed by atoms with Crippen LogP contribution in [0.5, 0.6) is 5.75 Å². The minimum absolute atomic E-state index is 0.177. The summed E-state index contributed by atoms with van der Waals surface area (Å²) in [6.45, 7) is 7.73. The van der Waals surface area contributed by atoms with Crippen molar-refractivity contribution in [3.8, 4) is 16.9 Å². The maximum absolute atomic E-state index is 12.6. The summed E-state index contributed by atoms with van der Waals surface area (Å²) >= 11 is 0. The highest BCUT2D eigenvalue weighted by molar-refractivity contribution is 5.85. The Bertz CT molecular complexity index is 990. The highest BCUT2D eigenvalue weighted by Gasteiger charge is 2.20. The second kappa shape index (κ2) is 7.55. The zero-order chi connectivity index (χ0) is 18.8. The van der Waals surface area contributed by atoms with Crippen LogP contribution >= 0.6 is 0 Å². The first-order valence-electron chi connectivity index (χ1n) is 9.44. The molecule has 1 saturated heterocycles. The molecule has 1 aromatic heterocycles. The molecule has 0 unspecified atom stereocenters. The van der Waals surface area contributed by atoms with Crippen LogP contribution in [0.3, 0.4) is 0 Å². The molecule has 4 rings (SSSR count). The lowest BCUT2D eigenvalue weighted by molar-refractivity contribution is 0.131. The molecule has 1 aliphatic heterocycles. The molecule has 2 heterocycles. The highest BCUT2D eigenvalue weighted by atomic mass is 16.4. The third-order valence-corrected chi connectivity index (χ3v) is 5.36. The number of fused-ring (bicyclic) bond motifs is 1. The Morgan fingerprint density at radius 3 is 2.41 bits per heavy atom. The van der Waals surface area contributed by atoms with Gasteiger partial charge in [-0.05, 0) is 30.3 Å². The zero-order valence-corrected chi connectivity index (χ0v) is 15.5. The highest BCUT2D eigenvalue weighted by Crippen LogP contribution is 2.30. The van der Waals surface area contributed by atoms with Gasteiger partial charge in [0.15, 0.2) is 0 Å². The van der Waals surface area contributed by atoms with Gasteiger partial charge in [0.1, 0.15) is 11.3 Å². The van der Waals surface area contributed by atoms with Crippen molar-refractivity contribution in [2.75, 3.05) is 32.7 Å². The summed E-state index contributed by atoms with van der Waals surface area (Å²) < 4.78 is 5.69. The lowest BCUT2D eigenvalue weighted by Gasteiger charge is -2.34. The number of benzene rings is 2. The molecule has 0 aliphatic carbocycles. The number of nitrogens with zero attached hydrogens (tertiary/aromatic N) is 2. The third-order valence-electron chi connectivity index (χ3n) is 5.36. The van der Waals surface area contributed by atoms with Crippen LogP contribution < -0.4 is 5.63 Å². The van der Waals surface area contributed by atoms with Gasteiger partial charge in [0, 0.05) is 38.1 Å². The molecule has 1 aliphatic rings. The first-order valence-corrected chi connectivity index (χ1v) is 9.44. The first-order chi connectivity index (χ1) is 13.2. The van der Waals surface area contributed by atoms with Crippen molar-refractivity contribution in [1.29, 1.82) is 0 Å². The smallest absolute Gasteiger partial charge is 0.344 e. The van der Waals surface area contributed by atoms with Crippen LogP contribution in [0.1, 0.15) is 12.5 Å². The minimum atomic E-state index is -0.378. The van der Waals surface area contributed by atoms with Gasteiger partial charge in [0.25, 0.3) is 0 Å². The second-order valence-electron chi connectivity index (χ2n) is 7.01. The number of hydrogen-bond donors (Lipinski definition) is 1. The van der Waals surface area contributed by atoms with Gasteiger partial charge < -0.3 is 14.4 Å². The van der Waals surface area contributed by atoms with Crippen molar-refractivity contribution in [3.63, 3.8) is 0 Å². The SMILES string of the molecule is CCN1CCN(Cc2c(O)ccc3cc(-c4ccccc4)c(=O)oc23)CC1. The Labute approximate surface area is 158 Å². The van der Waals surface area contributed by atoms with Gasteiger partial charge in [-0.2, -0.15) is 0 Å². The number of hydrogen-bond acceptors (Lipinski definition) is 5. The molecule has 3 aromatic rings. The largest absolute Gasteiger partial charge is 0.507 e. The summed E-state index contributed by atoms with van der Waals surface area (Å²) in [6, 6.07) is 14.9. The van der Waals surface area contributed by atoms with Gasteiger partial charge in [-0.15, -0.1) is 0 Å². The van der Waals surface area contributed by atoms with Crippen LogP contribution in [0, 0.1) is 0 Å². The Kier molecular flexibility index (Phi) is 4.97. The first kappa shape index (κ1) is 17.8. The number of piperazine rings is 1. The fourth-order valence-corrected chi connectivity index (χ4v) is 3.69. The molecule has 140 valence electrons. The summed E-state index contributed by atoms with van der Waals surface area (Å²) in [7, 11) is 0. The summed E-state index contributed by atoms with van der Waals surface area (Å²) in [4.78, 5) is 17.3. The Morgan fingerprint density at radius 2 is 1.70 bits per heavy atom. The van der Waals surface area contributed by atoms with Gasteiger partial charge in [-0.25, -0.2) is 4.79 Å². The van der Waals surface area contributed by atoms with Gasteiger partial charge in [0.05, 0.1) is 11.1 Å². The molecule has 0 amide bonds. The molecular weight excluding hydrogens is 340 g/mol. The van der Waals surface area contributed by atoms with E-state index in [4.69, 9.17) is 4.42 Å². The van der Waals surface area contributed by atoms with E-state index < -0.39 is 0 Å². The standard InChI is InChI=1S/C22H24N2O3/c1-2-23-10-12-24(13-11-23)15-19-20(25)9-8-17-14-18(22(26)27-21(17)19)16-6-4-3-5-7-16/h3-9,14,25H,2,10-13,15H2,1H3. The Hall–Kier alpha value is -2.63. The molecule has 5 heteroatoms. The summed E-state index contributed by atoms with van der Waals surface area (Å²) in [5, 5.41) is 11.2. The summed E-state index contributed by atoms with van der Waals surface area (Å²) in [6.07, 6.45) is 0. The van der Waals surface area contributed by atoms with Crippen LogP contribution in [-0.2, 0) is 6.54 Å². The predicted octanol–water partition coefficient (Wildman–Crippen LogP) is 3.30. The number of phenolic OH excluding ortho intramolecular Hbond substituents is 1. The number of likely N-dealkylation sites (N-methyl/N-ethyl adjacent to an activating group) is 1. The van der Waals surface area contributed by atoms with Crippen LogP contribution in [-0.4, -0.2) is 47.6 Å². The van der Waals surface area contributed by atoms with E-state index in [9.17, 15) is 9.90 Å². The lowest BCUT2D eigenvalue weighted by atomic mass is 10.0. The molecule has 2 aromatic carbocycles. The molecule has 1 N–H and O–H groups in total. The normalized spacial score (nSPS) is 16.0. The summed E-state index contributed by atoms with van der Waals surface area (Å²) in [5.74, 6) is 0.177. The molecule has 0 saturated carbocycles. The molecular formula is C22H24N2O3. The average Bonchev–Trinajstić information content (AvgIpc) is 2.71. The van der Waals surface area contributed by atoms with E-state index in [0.717, 1.165) is 43.7 Å². The molecule has 0 bridgehead atoms. The summed E-state index contributed by atoms with van der Waals surface area (Å²) in [5.41, 5.74) is 2.16. The molecule has 27 heavy (non-hydrogen) atoms. The van der Waals surface area contributed by atoms with E-state index in [1.54, 1.807) is 12.1 Å². The van der Waals surface area contributed by atoms with E-state index in [0.29, 0.717) is 23.3 Å². The fourth-order valence-electron chi connectivity index (χ4n) is 3.69. The molecule has 1 fully saturated rings. The van der Waals surface area contributed by atoms with Crippen LogP contribution in [0.2, 0.25) is 0 Å². The zero-order valence-electron chi connectivity index (χ0n) is 15.5. The van der Waals surface area contributed by atoms with E-state index in [1.165, 1.54) is 0 Å². The van der Waals surface area contributed by atoms with Crippen LogP contribution in [0.25, 0.3) is 22.1 Å². The number of phenols is 1. The van der Waals surface area contributed by atoms with Crippen molar-refractivity contribution < 1.29 is 9.52 Å². The van der Waals surface area contributed by atoms with Crippen molar-refractivity contribution in [1.82, 2.24) is 9.80 Å². The lowest BCUT2D eigenvalue weighted by Crippen LogP contribution is -2.45. The van der Waals surface area contributed by atoms with E-state index >= 15 is 0 Å². The van der Waals surface area contributed by atoms with E-state index in [-0.39, 0.29) is 11.4 Å². The van der Waals surface area contributed by atoms with Crippen molar-refractivity contribution in [3.05, 3.63) is 64.5 Å². The molecule has 0 radical (unpaired) electrons. The maximum Gasteiger partial charge on any atom is 0.344 e. The number of rotatable bonds is 4. The second-order valence-corrected chi connectivity index (χ2v) is 7.01. The van der Waals surface area contributed by atoms with Crippen molar-refractivity contribution >= 4 is 11.0 Å². The van der Waals surface area contributed by atoms with Gasteiger partial charge in [0.2, 0.25) is 0 Å². The topological polar surface area (TPSA) is 56.9 Å². The van der Waals surface area contributed by atoms with Gasteiger partial charge in [-0.3, -0.25) is 4.90 Å². The maximum atomic E-state index is 12.6. The average molecular weight is 364 g/mol. The van der Waals surface area contributed by atoms with Gasteiger partial charge >= 0.3 is 5.63 Å². The third kappa shape index (κ3) is 3.61. The Morgan fingerprint density at radius 1 is 1.00 bits per heavy atom. The van der Waals surface area contributed by atoms with Gasteiger partial charge in [-0.1, -0.05) is 37.3 Å². The van der Waals surface area contributed by atoms with E-state index in [1.807, 2.05) is 36.4 Å². The molecule has 5 nitrogen and oxygen atoms in total. The van der Waals surface area contributed by atoms with Crippen LogP contribution in [0.15, 0.2) is 57.7 Å². The predicted molar refractivity (Wildman–Crippen MR) is 107 cm³/mol. The molecule has 0 spiro atoms. The van der Waals surface area contributed by atoms with Crippen molar-refractivity contribution in [2.45, 2.75) is 13.5 Å². The van der Waals surface area contributed by atoms with Crippen molar-refractivity contribution in [2.24, 2.45) is 0 Å². The Balaban J connectivity index is 1.70. The fraction of sp³-hybridized carbons (Fsp3) is 0.318. The van der Waals surface area contributed by atoms with E-state index in [2.05, 4.69) is 16.7 Å². The monoisotopic (exact) mass is 364 g/mol.